The summed E-state index contributed by atoms with van der Waals surface area (Å²) < 4.78 is 22.5. The Kier molecular flexibility index (Phi) is 7.43. The number of piperidine rings is 1. The molecule has 1 saturated heterocycles. The van der Waals surface area contributed by atoms with Crippen molar-refractivity contribution in [1.82, 2.24) is 15.0 Å². The van der Waals surface area contributed by atoms with Gasteiger partial charge in [0.1, 0.15) is 17.0 Å². The third-order valence-electron chi connectivity index (χ3n) is 8.81. The largest absolute Gasteiger partial charge is 0.463 e. The van der Waals surface area contributed by atoms with Crippen molar-refractivity contribution in [3.63, 3.8) is 0 Å². The lowest BCUT2D eigenvalue weighted by Gasteiger charge is -2.33. The minimum atomic E-state index is -0.534. The van der Waals surface area contributed by atoms with Crippen molar-refractivity contribution in [2.45, 2.75) is 39.0 Å². The molecule has 43 heavy (non-hydrogen) atoms. The first-order valence-electron chi connectivity index (χ1n) is 15.0. The number of carbonyl (C=O) groups excluding carboxylic acids is 1. The molecule has 0 radical (unpaired) electrons. The molecule has 0 amide bonds. The number of hydrogen-bond donors (Lipinski definition) is 0. The van der Waals surface area contributed by atoms with Gasteiger partial charge in [-0.1, -0.05) is 71.8 Å². The summed E-state index contributed by atoms with van der Waals surface area (Å²) >= 11 is 6.58. The van der Waals surface area contributed by atoms with Gasteiger partial charge in [0, 0.05) is 47.2 Å². The summed E-state index contributed by atoms with van der Waals surface area (Å²) in [7, 11) is 0. The fourth-order valence-electron chi connectivity index (χ4n) is 6.67. The van der Waals surface area contributed by atoms with Gasteiger partial charge in [0.15, 0.2) is 11.6 Å². The number of rotatable bonds is 8. The highest BCUT2D eigenvalue weighted by molar-refractivity contribution is 6.36. The number of ether oxygens (including phenoxy) is 1. The average Bonchev–Trinajstić information content (AvgIpc) is 3.36. The first kappa shape index (κ1) is 27.7. The van der Waals surface area contributed by atoms with Crippen molar-refractivity contribution in [2.75, 3.05) is 24.6 Å². The molecule has 7 rings (SSSR count). The number of anilines is 1. The van der Waals surface area contributed by atoms with Gasteiger partial charge in [0.05, 0.1) is 12.0 Å². The number of fused-ring (bicyclic) bond motifs is 4. The van der Waals surface area contributed by atoms with Gasteiger partial charge in [-0.2, -0.15) is 9.97 Å². The molecule has 2 fully saturated rings. The summed E-state index contributed by atoms with van der Waals surface area (Å²) in [6.07, 6.45) is 6.16. The Morgan fingerprint density at radius 3 is 2.53 bits per heavy atom. The summed E-state index contributed by atoms with van der Waals surface area (Å²) in [5.41, 5.74) is 2.76. The Labute approximate surface area is 254 Å². The van der Waals surface area contributed by atoms with Crippen LogP contribution < -0.4 is 9.64 Å². The van der Waals surface area contributed by atoms with Crippen LogP contribution in [0.1, 0.15) is 48.0 Å². The van der Waals surface area contributed by atoms with Crippen molar-refractivity contribution in [3.8, 4) is 17.3 Å². The minimum Gasteiger partial charge on any atom is -0.463 e. The van der Waals surface area contributed by atoms with E-state index in [-0.39, 0.29) is 29.6 Å². The standard InChI is InChI=1S/C35H32ClFN4O2/c1-21-10-14-24(15-11-21)29(42)9-4-16-43-35-39-33-27(34(40-35)41-19-22-12-13-23(17-22)20-41)18-38-32(31(33)37)26-7-2-5-25-6-3-8-28(36)30(25)26/h2-3,5-8,10-11,14-15,18,22-23H,4,9,12-13,16-17,19-20H2,1H3. The quantitative estimate of drug-likeness (QED) is 0.133. The van der Waals surface area contributed by atoms with E-state index in [1.165, 1.54) is 19.3 Å². The van der Waals surface area contributed by atoms with E-state index >= 15 is 4.39 Å². The maximum Gasteiger partial charge on any atom is 0.319 e. The smallest absolute Gasteiger partial charge is 0.319 e. The monoisotopic (exact) mass is 594 g/mol. The van der Waals surface area contributed by atoms with Crippen LogP contribution in [-0.2, 0) is 0 Å². The summed E-state index contributed by atoms with van der Waals surface area (Å²) in [6.45, 7) is 3.98. The van der Waals surface area contributed by atoms with Crippen LogP contribution in [0.3, 0.4) is 0 Å². The zero-order chi connectivity index (χ0) is 29.5. The van der Waals surface area contributed by atoms with Crippen LogP contribution in [0.15, 0.2) is 66.9 Å². The maximum absolute atomic E-state index is 16.5. The number of ketones is 1. The van der Waals surface area contributed by atoms with Crippen molar-refractivity contribution in [2.24, 2.45) is 11.8 Å². The fraction of sp³-hybridized carbons (Fsp3) is 0.314. The number of benzene rings is 3. The van der Waals surface area contributed by atoms with Gasteiger partial charge in [0.25, 0.3) is 0 Å². The summed E-state index contributed by atoms with van der Waals surface area (Å²) in [6, 6.07) is 19.0. The van der Waals surface area contributed by atoms with E-state index < -0.39 is 5.82 Å². The zero-order valence-corrected chi connectivity index (χ0v) is 24.8. The Balaban J connectivity index is 1.23. The molecule has 1 saturated carbocycles. The number of pyridine rings is 1. The predicted molar refractivity (Wildman–Crippen MR) is 169 cm³/mol. The van der Waals surface area contributed by atoms with Gasteiger partial charge in [-0.25, -0.2) is 4.39 Å². The molecule has 8 heteroatoms. The highest BCUT2D eigenvalue weighted by Gasteiger charge is 2.34. The molecule has 2 aromatic heterocycles. The Hall–Kier alpha value is -4.10. The van der Waals surface area contributed by atoms with Gasteiger partial charge in [0.2, 0.25) is 0 Å². The second-order valence-electron chi connectivity index (χ2n) is 11.8. The molecular formula is C35H32ClFN4O2. The van der Waals surface area contributed by atoms with E-state index in [1.54, 1.807) is 12.3 Å². The van der Waals surface area contributed by atoms with E-state index in [4.69, 9.17) is 21.3 Å². The number of Topliss-reactive ketones (excluding diaryl/α,β-unsaturated/α-hetero) is 1. The van der Waals surface area contributed by atoms with E-state index in [0.717, 1.165) is 29.4 Å². The van der Waals surface area contributed by atoms with Crippen LogP contribution in [0, 0.1) is 24.6 Å². The number of carbonyl (C=O) groups is 1. The van der Waals surface area contributed by atoms with Crippen molar-refractivity contribution in [1.29, 1.82) is 0 Å². The van der Waals surface area contributed by atoms with Crippen LogP contribution >= 0.6 is 11.6 Å². The molecule has 6 nitrogen and oxygen atoms in total. The topological polar surface area (TPSA) is 68.2 Å². The molecule has 2 unspecified atom stereocenters. The second-order valence-corrected chi connectivity index (χ2v) is 12.3. The molecular weight excluding hydrogens is 563 g/mol. The van der Waals surface area contributed by atoms with Crippen molar-refractivity contribution < 1.29 is 13.9 Å². The molecule has 5 aromatic rings. The molecule has 2 aliphatic rings. The van der Waals surface area contributed by atoms with Gasteiger partial charge < -0.3 is 9.64 Å². The Bertz CT molecular complexity index is 1830. The third kappa shape index (κ3) is 5.42. The van der Waals surface area contributed by atoms with Crippen LogP contribution in [0.2, 0.25) is 5.02 Å². The normalized spacial score (nSPS) is 18.0. The Morgan fingerprint density at radius 1 is 1.02 bits per heavy atom. The summed E-state index contributed by atoms with van der Waals surface area (Å²) in [5.74, 6) is 1.39. The molecule has 218 valence electrons. The molecule has 3 aromatic carbocycles. The molecule has 3 heterocycles. The van der Waals surface area contributed by atoms with Gasteiger partial charge in [-0.3, -0.25) is 9.78 Å². The predicted octanol–water partition coefficient (Wildman–Crippen LogP) is 8.22. The van der Waals surface area contributed by atoms with E-state index in [0.29, 0.717) is 52.0 Å². The van der Waals surface area contributed by atoms with Crippen LogP contribution in [0.5, 0.6) is 6.01 Å². The molecule has 2 bridgehead atoms. The van der Waals surface area contributed by atoms with Crippen molar-refractivity contribution >= 4 is 44.9 Å². The number of aromatic nitrogens is 3. The lowest BCUT2D eigenvalue weighted by atomic mass is 9.98. The van der Waals surface area contributed by atoms with Crippen LogP contribution in [0.4, 0.5) is 10.2 Å². The summed E-state index contributed by atoms with van der Waals surface area (Å²) in [4.78, 5) is 28.9. The van der Waals surface area contributed by atoms with Gasteiger partial charge in [-0.15, -0.1) is 0 Å². The molecule has 0 spiro atoms. The second kappa shape index (κ2) is 11.5. The third-order valence-corrected chi connectivity index (χ3v) is 9.13. The summed E-state index contributed by atoms with van der Waals surface area (Å²) in [5, 5.41) is 2.75. The number of halogens is 2. The number of hydrogen-bond acceptors (Lipinski definition) is 6. The zero-order valence-electron chi connectivity index (χ0n) is 24.0. The maximum atomic E-state index is 16.5. The lowest BCUT2D eigenvalue weighted by molar-refractivity contribution is 0.0972. The van der Waals surface area contributed by atoms with Gasteiger partial charge in [-0.05, 0) is 55.9 Å². The molecule has 2 atom stereocenters. The Morgan fingerprint density at radius 2 is 1.77 bits per heavy atom. The lowest BCUT2D eigenvalue weighted by Crippen LogP contribution is -2.37. The number of aryl methyl sites for hydroxylation is 1. The van der Waals surface area contributed by atoms with E-state index in [1.807, 2.05) is 61.5 Å². The average molecular weight is 595 g/mol. The van der Waals surface area contributed by atoms with Crippen molar-refractivity contribution in [3.05, 3.63) is 88.8 Å². The fourth-order valence-corrected chi connectivity index (χ4v) is 6.95. The SMILES string of the molecule is Cc1ccc(C(=O)CCCOc2nc(N3CC4CCC(C4)C3)c3cnc(-c4cccc5cccc(Cl)c45)c(F)c3n2)cc1. The number of nitrogens with zero attached hydrogens (tertiary/aromatic N) is 4. The first-order chi connectivity index (χ1) is 20.9. The highest BCUT2D eigenvalue weighted by Crippen LogP contribution is 2.41. The highest BCUT2D eigenvalue weighted by atomic mass is 35.5. The van der Waals surface area contributed by atoms with E-state index in [2.05, 4.69) is 14.9 Å². The molecule has 0 N–H and O–H groups in total. The van der Waals surface area contributed by atoms with Gasteiger partial charge >= 0.3 is 6.01 Å². The molecule has 1 aliphatic heterocycles. The van der Waals surface area contributed by atoms with Crippen LogP contribution in [0.25, 0.3) is 32.9 Å². The van der Waals surface area contributed by atoms with Crippen LogP contribution in [-0.4, -0.2) is 40.4 Å². The molecule has 1 aliphatic carbocycles. The minimum absolute atomic E-state index is 0.0584. The van der Waals surface area contributed by atoms with E-state index in [9.17, 15) is 4.79 Å². The first-order valence-corrected chi connectivity index (χ1v) is 15.3.